The Balaban J connectivity index is 3.77. The fourth-order valence-electron chi connectivity index (χ4n) is 0.950. The van der Waals surface area contributed by atoms with Crippen LogP contribution >= 0.6 is 0 Å². The van der Waals surface area contributed by atoms with Crippen molar-refractivity contribution in [1.29, 1.82) is 0 Å². The quantitative estimate of drug-likeness (QED) is 0.179. The normalized spacial score (nSPS) is 11.4. The summed E-state index contributed by atoms with van der Waals surface area (Å²) < 4.78 is 4.78. The molecule has 4 N–H and O–H groups in total. The van der Waals surface area contributed by atoms with Crippen molar-refractivity contribution in [2.45, 2.75) is 20.3 Å². The van der Waals surface area contributed by atoms with Crippen LogP contribution in [0.1, 0.15) is 20.3 Å². The maximum absolute atomic E-state index is 11.2. The molecule has 0 aromatic carbocycles. The molecule has 0 saturated heterocycles. The molecule has 92 valence electrons. The Morgan fingerprint density at radius 2 is 1.94 bits per heavy atom. The van der Waals surface area contributed by atoms with Crippen molar-refractivity contribution in [3.05, 3.63) is 0 Å². The Bertz CT molecular complexity index is 267. The minimum Gasteiger partial charge on any atom is -0.466 e. The Hall–Kier alpha value is -1.63. The molecule has 0 aliphatic rings. The van der Waals surface area contributed by atoms with Gasteiger partial charge in [-0.05, 0) is 13.3 Å². The number of hydrazine groups is 1. The lowest BCUT2D eigenvalue weighted by atomic mass is 10.1. The summed E-state index contributed by atoms with van der Waals surface area (Å²) in [5.74, 6) is 2.39. The van der Waals surface area contributed by atoms with Gasteiger partial charge >= 0.3 is 17.8 Å². The van der Waals surface area contributed by atoms with Gasteiger partial charge in [-0.25, -0.2) is 5.84 Å². The summed E-state index contributed by atoms with van der Waals surface area (Å²) in [6.07, 6.45) is 0.405. The van der Waals surface area contributed by atoms with E-state index >= 15 is 0 Å². The van der Waals surface area contributed by atoms with E-state index in [0.717, 1.165) is 0 Å². The van der Waals surface area contributed by atoms with Gasteiger partial charge in [0.15, 0.2) is 0 Å². The van der Waals surface area contributed by atoms with Crippen LogP contribution in [0.15, 0.2) is 0 Å². The molecule has 2 amide bonds. The number of carbonyl (C=O) groups is 3. The highest BCUT2D eigenvalue weighted by Gasteiger charge is 2.15. The average molecular weight is 231 g/mol. The van der Waals surface area contributed by atoms with Gasteiger partial charge in [-0.3, -0.25) is 19.8 Å². The molecular formula is C9H17N3O4. The molecular weight excluding hydrogens is 214 g/mol. The monoisotopic (exact) mass is 231 g/mol. The molecule has 0 spiro atoms. The molecule has 0 bridgehead atoms. The van der Waals surface area contributed by atoms with Gasteiger partial charge in [0.25, 0.3) is 0 Å². The standard InChI is InChI=1S/C9H17N3O4/c1-3-16-9(15)6(2)4-5-11-7(13)8(14)12-10/h6H,3-5,10H2,1-2H3,(H,11,13)(H,12,14)/t6-/m1/s1. The molecule has 0 aliphatic heterocycles. The van der Waals surface area contributed by atoms with Crippen LogP contribution in [-0.2, 0) is 19.1 Å². The van der Waals surface area contributed by atoms with E-state index in [1.54, 1.807) is 19.3 Å². The molecule has 0 aromatic heterocycles. The fourth-order valence-corrected chi connectivity index (χ4v) is 0.950. The van der Waals surface area contributed by atoms with Gasteiger partial charge in [-0.2, -0.15) is 0 Å². The predicted molar refractivity (Wildman–Crippen MR) is 55.8 cm³/mol. The number of ether oxygens (including phenoxy) is 1. The number of nitrogens with one attached hydrogen (secondary N) is 2. The summed E-state index contributed by atoms with van der Waals surface area (Å²) in [6, 6.07) is 0. The van der Waals surface area contributed by atoms with Crippen LogP contribution in [0.5, 0.6) is 0 Å². The number of carbonyl (C=O) groups excluding carboxylic acids is 3. The molecule has 0 unspecified atom stereocenters. The van der Waals surface area contributed by atoms with E-state index < -0.39 is 11.8 Å². The summed E-state index contributed by atoms with van der Waals surface area (Å²) in [4.78, 5) is 32.8. The second-order valence-corrected chi connectivity index (χ2v) is 3.17. The number of hydrogen-bond acceptors (Lipinski definition) is 5. The fraction of sp³-hybridized carbons (Fsp3) is 0.667. The van der Waals surface area contributed by atoms with Gasteiger partial charge in [-0.15, -0.1) is 0 Å². The molecule has 0 rings (SSSR count). The maximum Gasteiger partial charge on any atom is 0.323 e. The van der Waals surface area contributed by atoms with Gasteiger partial charge in [0.05, 0.1) is 12.5 Å². The van der Waals surface area contributed by atoms with Gasteiger partial charge < -0.3 is 10.1 Å². The van der Waals surface area contributed by atoms with Crippen molar-refractivity contribution in [1.82, 2.24) is 10.7 Å². The Morgan fingerprint density at radius 3 is 2.44 bits per heavy atom. The number of esters is 1. The zero-order valence-electron chi connectivity index (χ0n) is 9.41. The molecule has 0 aromatic rings. The topological polar surface area (TPSA) is 111 Å². The Kier molecular flexibility index (Phi) is 6.86. The highest BCUT2D eigenvalue weighted by molar-refractivity contribution is 6.34. The lowest BCUT2D eigenvalue weighted by Gasteiger charge is -2.10. The SMILES string of the molecule is CCOC(=O)[C@H](C)CCNC(=O)C(=O)NN. The summed E-state index contributed by atoms with van der Waals surface area (Å²) >= 11 is 0. The number of amides is 2. The highest BCUT2D eigenvalue weighted by atomic mass is 16.5. The zero-order valence-corrected chi connectivity index (χ0v) is 9.41. The minimum atomic E-state index is -0.913. The van der Waals surface area contributed by atoms with Crippen LogP contribution in [0.2, 0.25) is 0 Å². The molecule has 0 heterocycles. The van der Waals surface area contributed by atoms with E-state index in [1.165, 1.54) is 0 Å². The summed E-state index contributed by atoms with van der Waals surface area (Å²) in [5, 5.41) is 2.32. The number of hydrogen-bond donors (Lipinski definition) is 3. The van der Waals surface area contributed by atoms with Gasteiger partial charge in [0.1, 0.15) is 0 Å². The first kappa shape index (κ1) is 14.4. The van der Waals surface area contributed by atoms with Crippen LogP contribution in [-0.4, -0.2) is 30.9 Å². The summed E-state index contributed by atoms with van der Waals surface area (Å²) in [7, 11) is 0. The van der Waals surface area contributed by atoms with E-state index in [-0.39, 0.29) is 18.4 Å². The van der Waals surface area contributed by atoms with Crippen LogP contribution < -0.4 is 16.6 Å². The summed E-state index contributed by atoms with van der Waals surface area (Å²) in [6.45, 7) is 3.95. The molecule has 16 heavy (non-hydrogen) atoms. The first-order valence-electron chi connectivity index (χ1n) is 4.98. The third kappa shape index (κ3) is 5.30. The first-order valence-corrected chi connectivity index (χ1v) is 4.98. The largest absolute Gasteiger partial charge is 0.466 e. The molecule has 7 nitrogen and oxygen atoms in total. The Labute approximate surface area is 93.7 Å². The van der Waals surface area contributed by atoms with Crippen LogP contribution in [0.3, 0.4) is 0 Å². The lowest BCUT2D eigenvalue weighted by molar-refractivity contribution is -0.147. The first-order chi connectivity index (χ1) is 7.52. The van der Waals surface area contributed by atoms with Crippen molar-refractivity contribution >= 4 is 17.8 Å². The van der Waals surface area contributed by atoms with Gasteiger partial charge in [0, 0.05) is 6.54 Å². The third-order valence-electron chi connectivity index (χ3n) is 1.89. The molecule has 7 heteroatoms. The van der Waals surface area contributed by atoms with Crippen molar-refractivity contribution in [3.63, 3.8) is 0 Å². The minimum absolute atomic E-state index is 0.215. The van der Waals surface area contributed by atoms with E-state index in [1.807, 2.05) is 0 Å². The van der Waals surface area contributed by atoms with Gasteiger partial charge in [0.2, 0.25) is 0 Å². The Morgan fingerprint density at radius 1 is 1.31 bits per heavy atom. The molecule has 0 radical (unpaired) electrons. The zero-order chi connectivity index (χ0) is 12.6. The van der Waals surface area contributed by atoms with Gasteiger partial charge in [-0.1, -0.05) is 6.92 Å². The number of rotatable bonds is 5. The second kappa shape index (κ2) is 7.63. The summed E-state index contributed by atoms with van der Waals surface area (Å²) in [5.41, 5.74) is 1.70. The molecule has 0 saturated carbocycles. The average Bonchev–Trinajstić information content (AvgIpc) is 2.27. The van der Waals surface area contributed by atoms with Crippen molar-refractivity contribution in [2.24, 2.45) is 11.8 Å². The second-order valence-electron chi connectivity index (χ2n) is 3.17. The molecule has 0 fully saturated rings. The van der Waals surface area contributed by atoms with Crippen molar-refractivity contribution in [3.8, 4) is 0 Å². The van der Waals surface area contributed by atoms with E-state index in [9.17, 15) is 14.4 Å². The molecule has 1 atom stereocenters. The van der Waals surface area contributed by atoms with E-state index in [0.29, 0.717) is 13.0 Å². The molecule has 0 aliphatic carbocycles. The van der Waals surface area contributed by atoms with Crippen molar-refractivity contribution < 1.29 is 19.1 Å². The lowest BCUT2D eigenvalue weighted by Crippen LogP contribution is -2.43. The van der Waals surface area contributed by atoms with Crippen molar-refractivity contribution in [2.75, 3.05) is 13.2 Å². The third-order valence-corrected chi connectivity index (χ3v) is 1.89. The number of nitrogens with two attached hydrogens (primary N) is 1. The predicted octanol–water partition coefficient (Wildman–Crippen LogP) is -1.32. The maximum atomic E-state index is 11.2. The highest BCUT2D eigenvalue weighted by Crippen LogP contribution is 2.02. The van der Waals surface area contributed by atoms with E-state index in [4.69, 9.17) is 10.6 Å². The van der Waals surface area contributed by atoms with Crippen LogP contribution in [0.4, 0.5) is 0 Å². The smallest absolute Gasteiger partial charge is 0.323 e. The van der Waals surface area contributed by atoms with Crippen LogP contribution in [0, 0.1) is 5.92 Å². The van der Waals surface area contributed by atoms with E-state index in [2.05, 4.69) is 5.32 Å². The van der Waals surface area contributed by atoms with Crippen LogP contribution in [0.25, 0.3) is 0 Å².